The van der Waals surface area contributed by atoms with E-state index in [1.54, 1.807) is 12.1 Å². The van der Waals surface area contributed by atoms with Gasteiger partial charge in [0.1, 0.15) is 5.75 Å². The van der Waals surface area contributed by atoms with Crippen molar-refractivity contribution in [2.75, 3.05) is 4.90 Å². The van der Waals surface area contributed by atoms with E-state index in [1.807, 2.05) is 36.5 Å². The Bertz CT molecular complexity index is 1570. The van der Waals surface area contributed by atoms with Crippen LogP contribution in [0.5, 0.6) is 5.75 Å². The number of aryl methyl sites for hydroxylation is 1. The van der Waals surface area contributed by atoms with Crippen molar-refractivity contribution in [1.29, 1.82) is 0 Å². The molecule has 1 saturated heterocycles. The van der Waals surface area contributed by atoms with Gasteiger partial charge in [-0.2, -0.15) is 0 Å². The van der Waals surface area contributed by atoms with Gasteiger partial charge in [0.2, 0.25) is 0 Å². The summed E-state index contributed by atoms with van der Waals surface area (Å²) in [4.78, 5) is 6.82. The number of hydrogen-bond acceptors (Lipinski definition) is 3. The van der Waals surface area contributed by atoms with E-state index in [0.717, 1.165) is 28.5 Å². The summed E-state index contributed by atoms with van der Waals surface area (Å²) in [6, 6.07) is 30.1. The van der Waals surface area contributed by atoms with Gasteiger partial charge >= 0.3 is 0 Å². The summed E-state index contributed by atoms with van der Waals surface area (Å²) in [5, 5.41) is 16.5. The average molecular weight is 491 g/mol. The number of phenols is 1. The Morgan fingerprint density at radius 3 is 2.42 bits per heavy atom. The minimum Gasteiger partial charge on any atom is -0.508 e. The number of aromatic nitrogens is 2. The monoisotopic (exact) mass is 490 g/mol. The predicted molar refractivity (Wildman–Crippen MR) is 149 cm³/mol. The third-order valence-corrected chi connectivity index (χ3v) is 7.34. The molecule has 5 nitrogen and oxygen atoms in total. The molecular weight excluding hydrogens is 464 g/mol. The number of pyridine rings is 1. The van der Waals surface area contributed by atoms with Crippen molar-refractivity contribution in [2.24, 2.45) is 0 Å². The Kier molecular flexibility index (Phi) is 5.46. The second-order valence-corrected chi connectivity index (χ2v) is 9.56. The van der Waals surface area contributed by atoms with E-state index in [-0.39, 0.29) is 17.8 Å². The largest absolute Gasteiger partial charge is 0.508 e. The first kappa shape index (κ1) is 22.3. The Morgan fingerprint density at radius 2 is 1.64 bits per heavy atom. The number of benzene rings is 3. The highest BCUT2D eigenvalue weighted by Crippen LogP contribution is 2.44. The molecule has 0 unspecified atom stereocenters. The van der Waals surface area contributed by atoms with Crippen LogP contribution in [0.4, 0.5) is 5.69 Å². The van der Waals surface area contributed by atoms with Crippen LogP contribution in [0.2, 0.25) is 0 Å². The van der Waals surface area contributed by atoms with Crippen LogP contribution in [0, 0.1) is 13.8 Å². The van der Waals surface area contributed by atoms with Crippen molar-refractivity contribution < 1.29 is 5.11 Å². The normalized spacial score (nSPS) is 17.5. The molecule has 0 radical (unpaired) electrons. The van der Waals surface area contributed by atoms with Crippen molar-refractivity contribution in [1.82, 2.24) is 14.9 Å². The van der Waals surface area contributed by atoms with Crippen molar-refractivity contribution in [3.63, 3.8) is 0 Å². The van der Waals surface area contributed by atoms with Crippen molar-refractivity contribution in [3.05, 3.63) is 120 Å². The number of aromatic hydroxyl groups is 1. The molecule has 5 aromatic rings. The number of rotatable bonds is 4. The summed E-state index contributed by atoms with van der Waals surface area (Å²) in [6.07, 6.45) is 1.82. The van der Waals surface area contributed by atoms with Crippen LogP contribution in [0.3, 0.4) is 0 Å². The van der Waals surface area contributed by atoms with E-state index >= 15 is 0 Å². The number of fused-ring (bicyclic) bond motifs is 1. The number of anilines is 1. The summed E-state index contributed by atoms with van der Waals surface area (Å²) in [6.45, 7) is 4.33. The summed E-state index contributed by atoms with van der Waals surface area (Å²) in [5.41, 5.74) is 6.50. The van der Waals surface area contributed by atoms with E-state index in [0.29, 0.717) is 5.11 Å². The standard InChI is InChI=1S/C30H26N4OS/c1-19-18-25(20(2)33(19)27-12-7-9-21-8-3-4-10-24(21)27)29-28(26-11-5-6-17-31-26)32-30(36)34(29)22-13-15-23(35)16-14-22/h3-18,28-29,35H,1-2H3,(H,32,36)/t28-,29+/m1/s1. The van der Waals surface area contributed by atoms with Crippen LogP contribution in [-0.4, -0.2) is 19.8 Å². The van der Waals surface area contributed by atoms with E-state index in [4.69, 9.17) is 12.2 Å². The maximum Gasteiger partial charge on any atom is 0.174 e. The molecule has 3 aromatic carbocycles. The molecule has 6 rings (SSSR count). The van der Waals surface area contributed by atoms with Gasteiger partial charge in [0.05, 0.1) is 23.5 Å². The zero-order chi connectivity index (χ0) is 24.8. The fourth-order valence-electron chi connectivity index (χ4n) is 5.42. The molecule has 3 heterocycles. The van der Waals surface area contributed by atoms with E-state index in [2.05, 4.69) is 82.1 Å². The molecule has 1 aliphatic heterocycles. The topological polar surface area (TPSA) is 53.3 Å². The lowest BCUT2D eigenvalue weighted by molar-refractivity contribution is 0.475. The predicted octanol–water partition coefficient (Wildman–Crippen LogP) is 6.53. The fraction of sp³-hybridized carbons (Fsp3) is 0.133. The first-order valence-electron chi connectivity index (χ1n) is 12.0. The van der Waals surface area contributed by atoms with Crippen LogP contribution in [0.1, 0.15) is 34.7 Å². The number of hydrogen-bond donors (Lipinski definition) is 2. The highest BCUT2D eigenvalue weighted by atomic mass is 32.1. The van der Waals surface area contributed by atoms with Gasteiger partial charge in [-0.25, -0.2) is 0 Å². The molecule has 2 N–H and O–H groups in total. The quantitative estimate of drug-likeness (QED) is 0.281. The van der Waals surface area contributed by atoms with Gasteiger partial charge in [-0.1, -0.05) is 42.5 Å². The highest BCUT2D eigenvalue weighted by Gasteiger charge is 2.42. The lowest BCUT2D eigenvalue weighted by Gasteiger charge is -2.28. The van der Waals surface area contributed by atoms with Gasteiger partial charge in [-0.15, -0.1) is 0 Å². The zero-order valence-electron chi connectivity index (χ0n) is 20.1. The van der Waals surface area contributed by atoms with Crippen LogP contribution < -0.4 is 10.2 Å². The summed E-state index contributed by atoms with van der Waals surface area (Å²) in [7, 11) is 0. The molecule has 0 amide bonds. The highest BCUT2D eigenvalue weighted by molar-refractivity contribution is 7.80. The number of nitrogens with one attached hydrogen (secondary N) is 1. The van der Waals surface area contributed by atoms with Crippen molar-refractivity contribution >= 4 is 33.8 Å². The molecule has 0 aliphatic carbocycles. The maximum absolute atomic E-state index is 9.89. The second kappa shape index (κ2) is 8.81. The van der Waals surface area contributed by atoms with Gasteiger partial charge < -0.3 is 19.9 Å². The van der Waals surface area contributed by atoms with Gasteiger partial charge in [0, 0.05) is 28.7 Å². The third kappa shape index (κ3) is 3.62. The van der Waals surface area contributed by atoms with Crippen molar-refractivity contribution in [2.45, 2.75) is 25.9 Å². The van der Waals surface area contributed by atoms with Gasteiger partial charge in [-0.3, -0.25) is 4.98 Å². The summed E-state index contributed by atoms with van der Waals surface area (Å²) < 4.78 is 2.34. The lowest BCUT2D eigenvalue weighted by atomic mass is 9.96. The third-order valence-electron chi connectivity index (χ3n) is 7.02. The molecule has 2 aromatic heterocycles. The molecule has 1 aliphatic rings. The summed E-state index contributed by atoms with van der Waals surface area (Å²) >= 11 is 5.87. The molecule has 36 heavy (non-hydrogen) atoms. The Hall–Kier alpha value is -4.16. The first-order chi connectivity index (χ1) is 17.5. The van der Waals surface area contributed by atoms with Crippen LogP contribution in [-0.2, 0) is 0 Å². The SMILES string of the molecule is Cc1cc([C@H]2[C@@H](c3ccccn3)NC(=S)N2c2ccc(O)cc2)c(C)n1-c1cccc2ccccc12. The van der Waals surface area contributed by atoms with Crippen LogP contribution in [0.15, 0.2) is 97.2 Å². The van der Waals surface area contributed by atoms with Gasteiger partial charge in [0.25, 0.3) is 0 Å². The molecule has 0 bridgehead atoms. The zero-order valence-corrected chi connectivity index (χ0v) is 20.9. The minimum atomic E-state index is -0.131. The second-order valence-electron chi connectivity index (χ2n) is 9.17. The number of nitrogens with zero attached hydrogens (tertiary/aromatic N) is 3. The number of thiocarbonyl (C=S) groups is 1. The Labute approximate surface area is 215 Å². The fourth-order valence-corrected chi connectivity index (χ4v) is 5.77. The average Bonchev–Trinajstić information content (AvgIpc) is 3.39. The lowest BCUT2D eigenvalue weighted by Crippen LogP contribution is -2.29. The molecule has 6 heteroatoms. The Morgan fingerprint density at radius 1 is 0.889 bits per heavy atom. The first-order valence-corrected chi connectivity index (χ1v) is 12.4. The molecule has 178 valence electrons. The summed E-state index contributed by atoms with van der Waals surface area (Å²) in [5.74, 6) is 0.226. The molecule has 2 atom stereocenters. The van der Waals surface area contributed by atoms with Gasteiger partial charge in [0.15, 0.2) is 5.11 Å². The van der Waals surface area contributed by atoms with E-state index < -0.39 is 0 Å². The maximum atomic E-state index is 9.89. The smallest absolute Gasteiger partial charge is 0.174 e. The van der Waals surface area contributed by atoms with E-state index in [1.165, 1.54) is 16.3 Å². The number of phenolic OH excluding ortho intramolecular Hbond substituents is 1. The molecule has 0 spiro atoms. The van der Waals surface area contributed by atoms with Gasteiger partial charge in [-0.05, 0) is 85.5 Å². The Balaban J connectivity index is 1.55. The molecular formula is C30H26N4OS. The minimum absolute atomic E-state index is 0.119. The molecule has 1 fully saturated rings. The van der Waals surface area contributed by atoms with Crippen LogP contribution >= 0.6 is 12.2 Å². The molecule has 0 saturated carbocycles. The van der Waals surface area contributed by atoms with Crippen LogP contribution in [0.25, 0.3) is 16.5 Å². The van der Waals surface area contributed by atoms with E-state index in [9.17, 15) is 5.11 Å². The van der Waals surface area contributed by atoms with Crippen molar-refractivity contribution in [3.8, 4) is 11.4 Å².